The zero-order chi connectivity index (χ0) is 16.2. The van der Waals surface area contributed by atoms with Crippen molar-refractivity contribution in [2.24, 2.45) is 5.92 Å². The maximum absolute atomic E-state index is 12.0. The highest BCUT2D eigenvalue weighted by Gasteiger charge is 2.23. The number of nitrogens with zero attached hydrogens (tertiary/aromatic N) is 1. The average molecular weight is 315 g/mol. The first-order valence-electron chi connectivity index (χ1n) is 6.57. The molecule has 0 radical (unpaired) electrons. The third-order valence-corrected chi connectivity index (χ3v) is 3.19. The summed E-state index contributed by atoms with van der Waals surface area (Å²) < 4.78 is 0. The Morgan fingerprint density at radius 3 is 2.62 bits per heavy atom. The van der Waals surface area contributed by atoms with Gasteiger partial charge in [-0.05, 0) is 31.4 Å². The third kappa shape index (κ3) is 5.32. The van der Waals surface area contributed by atoms with Gasteiger partial charge in [-0.3, -0.25) is 14.9 Å². The number of halogens is 1. The molecule has 0 aromatic heterocycles. The molecule has 1 rings (SSSR count). The lowest BCUT2D eigenvalue weighted by molar-refractivity contribution is -0.384. The van der Waals surface area contributed by atoms with Gasteiger partial charge in [-0.2, -0.15) is 0 Å². The van der Waals surface area contributed by atoms with Crippen molar-refractivity contribution in [2.45, 2.75) is 32.8 Å². The average Bonchev–Trinajstić information content (AvgIpc) is 2.33. The molecule has 1 unspecified atom stereocenters. The minimum atomic E-state index is -1.01. The van der Waals surface area contributed by atoms with Gasteiger partial charge in [0.1, 0.15) is 5.02 Å². The minimum Gasteiger partial charge on any atom is -0.388 e. The number of nitro groups is 1. The van der Waals surface area contributed by atoms with Crippen molar-refractivity contribution in [1.29, 1.82) is 0 Å². The minimum absolute atomic E-state index is 0.0957. The van der Waals surface area contributed by atoms with Crippen molar-refractivity contribution in [3.05, 3.63) is 38.9 Å². The highest BCUT2D eigenvalue weighted by atomic mass is 35.5. The molecule has 0 saturated carbocycles. The Morgan fingerprint density at radius 2 is 2.14 bits per heavy atom. The zero-order valence-electron chi connectivity index (χ0n) is 12.2. The molecule has 0 spiro atoms. The predicted molar refractivity (Wildman–Crippen MR) is 80.5 cm³/mol. The molecule has 1 amide bonds. The van der Waals surface area contributed by atoms with Crippen LogP contribution in [0.15, 0.2) is 18.2 Å². The first-order chi connectivity index (χ1) is 9.62. The van der Waals surface area contributed by atoms with Gasteiger partial charge in [0.15, 0.2) is 0 Å². The van der Waals surface area contributed by atoms with E-state index in [9.17, 15) is 20.0 Å². The van der Waals surface area contributed by atoms with Gasteiger partial charge in [0, 0.05) is 18.2 Å². The Hall–Kier alpha value is -1.66. The van der Waals surface area contributed by atoms with E-state index in [0.717, 1.165) is 0 Å². The Kier molecular flexibility index (Phi) is 5.69. The van der Waals surface area contributed by atoms with Gasteiger partial charge >= 0.3 is 0 Å². The molecule has 1 aromatic rings. The van der Waals surface area contributed by atoms with E-state index in [4.69, 9.17) is 11.6 Å². The molecule has 116 valence electrons. The van der Waals surface area contributed by atoms with Crippen LogP contribution >= 0.6 is 11.6 Å². The summed E-state index contributed by atoms with van der Waals surface area (Å²) in [6.07, 6.45) is 0.550. The molecule has 1 aromatic carbocycles. The van der Waals surface area contributed by atoms with Gasteiger partial charge in [-0.1, -0.05) is 25.4 Å². The Morgan fingerprint density at radius 1 is 1.52 bits per heavy atom. The summed E-state index contributed by atoms with van der Waals surface area (Å²) >= 11 is 5.76. The van der Waals surface area contributed by atoms with Crippen molar-refractivity contribution in [3.63, 3.8) is 0 Å². The first kappa shape index (κ1) is 17.4. The van der Waals surface area contributed by atoms with E-state index in [1.54, 1.807) is 6.92 Å². The number of nitro benzene ring substituents is 1. The molecule has 6 nitrogen and oxygen atoms in total. The van der Waals surface area contributed by atoms with Gasteiger partial charge in [0.2, 0.25) is 0 Å². The van der Waals surface area contributed by atoms with Gasteiger partial charge < -0.3 is 10.4 Å². The molecule has 7 heteroatoms. The number of carbonyl (C=O) groups is 1. The quantitative estimate of drug-likeness (QED) is 0.623. The predicted octanol–water partition coefficient (Wildman–Crippen LogP) is 2.78. The second-order valence-electron chi connectivity index (χ2n) is 5.70. The molecule has 1 atom stereocenters. The summed E-state index contributed by atoms with van der Waals surface area (Å²) in [4.78, 5) is 22.0. The summed E-state index contributed by atoms with van der Waals surface area (Å²) in [5.41, 5.74) is -1.04. The fourth-order valence-electron chi connectivity index (χ4n) is 2.12. The monoisotopic (exact) mass is 314 g/mol. The van der Waals surface area contributed by atoms with Gasteiger partial charge in [0.25, 0.3) is 11.6 Å². The maximum atomic E-state index is 12.0. The number of amides is 1. The van der Waals surface area contributed by atoms with Crippen molar-refractivity contribution in [2.75, 3.05) is 6.54 Å². The molecule has 0 heterocycles. The Bertz CT molecular complexity index is 544. The van der Waals surface area contributed by atoms with Gasteiger partial charge in [-0.15, -0.1) is 0 Å². The largest absolute Gasteiger partial charge is 0.388 e. The molecule has 0 aliphatic carbocycles. The van der Waals surface area contributed by atoms with Crippen LogP contribution in [0.1, 0.15) is 37.6 Å². The standard InChI is InChI=1S/C14H19ClN2O4/c1-9(2)7-14(3,19)8-16-13(18)10-4-5-12(17(20)21)11(15)6-10/h4-6,9,19H,7-8H2,1-3H3,(H,16,18). The summed E-state index contributed by atoms with van der Waals surface area (Å²) in [5, 5.41) is 23.3. The van der Waals surface area contributed by atoms with Crippen LogP contribution in [-0.2, 0) is 0 Å². The van der Waals surface area contributed by atoms with Crippen LogP contribution in [0.5, 0.6) is 0 Å². The number of benzene rings is 1. The van der Waals surface area contributed by atoms with E-state index in [2.05, 4.69) is 5.32 Å². The number of carbonyl (C=O) groups excluding carboxylic acids is 1. The van der Waals surface area contributed by atoms with E-state index in [1.165, 1.54) is 18.2 Å². The number of aliphatic hydroxyl groups is 1. The number of nitrogens with one attached hydrogen (secondary N) is 1. The maximum Gasteiger partial charge on any atom is 0.287 e. The van der Waals surface area contributed by atoms with Gasteiger partial charge in [-0.25, -0.2) is 0 Å². The van der Waals surface area contributed by atoms with Crippen LogP contribution in [0.3, 0.4) is 0 Å². The van der Waals surface area contributed by atoms with Crippen LogP contribution in [0.25, 0.3) is 0 Å². The lowest BCUT2D eigenvalue weighted by Crippen LogP contribution is -2.41. The summed E-state index contributed by atoms with van der Waals surface area (Å²) in [6.45, 7) is 5.70. The summed E-state index contributed by atoms with van der Waals surface area (Å²) in [5.74, 6) is -0.137. The summed E-state index contributed by atoms with van der Waals surface area (Å²) in [6, 6.07) is 3.76. The molecule has 0 saturated heterocycles. The zero-order valence-corrected chi connectivity index (χ0v) is 13.0. The highest BCUT2D eigenvalue weighted by Crippen LogP contribution is 2.25. The molecule has 0 bridgehead atoms. The molecule has 2 N–H and O–H groups in total. The molecular formula is C14H19ClN2O4. The van der Waals surface area contributed by atoms with E-state index in [1.807, 2.05) is 13.8 Å². The van der Waals surface area contributed by atoms with Crippen LogP contribution in [-0.4, -0.2) is 28.1 Å². The Labute approximate surface area is 128 Å². The van der Waals surface area contributed by atoms with Crippen molar-refractivity contribution < 1.29 is 14.8 Å². The fourth-order valence-corrected chi connectivity index (χ4v) is 2.37. The van der Waals surface area contributed by atoms with Crippen LogP contribution < -0.4 is 5.32 Å². The van der Waals surface area contributed by atoms with Crippen molar-refractivity contribution in [3.8, 4) is 0 Å². The molecule has 0 fully saturated rings. The second kappa shape index (κ2) is 6.87. The van der Waals surface area contributed by atoms with E-state index in [-0.39, 0.29) is 22.8 Å². The van der Waals surface area contributed by atoms with E-state index < -0.39 is 16.4 Å². The first-order valence-corrected chi connectivity index (χ1v) is 6.95. The number of rotatable bonds is 6. The lowest BCUT2D eigenvalue weighted by atomic mass is 9.94. The lowest BCUT2D eigenvalue weighted by Gasteiger charge is -2.25. The number of hydrogen-bond acceptors (Lipinski definition) is 4. The van der Waals surface area contributed by atoms with E-state index >= 15 is 0 Å². The molecule has 0 aliphatic rings. The summed E-state index contributed by atoms with van der Waals surface area (Å²) in [7, 11) is 0. The van der Waals surface area contributed by atoms with Crippen LogP contribution in [0.2, 0.25) is 5.02 Å². The normalized spacial score (nSPS) is 13.8. The molecule has 21 heavy (non-hydrogen) atoms. The smallest absolute Gasteiger partial charge is 0.287 e. The van der Waals surface area contributed by atoms with Crippen molar-refractivity contribution in [1.82, 2.24) is 5.32 Å². The highest BCUT2D eigenvalue weighted by molar-refractivity contribution is 6.33. The SMILES string of the molecule is CC(C)CC(C)(O)CNC(=O)c1ccc([N+](=O)[O-])c(Cl)c1. The van der Waals surface area contributed by atoms with Crippen LogP contribution in [0, 0.1) is 16.0 Å². The molecular weight excluding hydrogens is 296 g/mol. The number of hydrogen-bond donors (Lipinski definition) is 2. The van der Waals surface area contributed by atoms with Crippen LogP contribution in [0.4, 0.5) is 5.69 Å². The molecule has 0 aliphatic heterocycles. The Balaban J connectivity index is 2.73. The van der Waals surface area contributed by atoms with Gasteiger partial charge in [0.05, 0.1) is 10.5 Å². The third-order valence-electron chi connectivity index (χ3n) is 2.88. The topological polar surface area (TPSA) is 92.5 Å². The fraction of sp³-hybridized carbons (Fsp3) is 0.500. The second-order valence-corrected chi connectivity index (χ2v) is 6.11. The van der Waals surface area contributed by atoms with E-state index in [0.29, 0.717) is 12.3 Å². The van der Waals surface area contributed by atoms with Crippen molar-refractivity contribution >= 4 is 23.2 Å².